The lowest BCUT2D eigenvalue weighted by atomic mass is 10.2. The van der Waals surface area contributed by atoms with Gasteiger partial charge in [-0.15, -0.1) is 0 Å². The third-order valence-electron chi connectivity index (χ3n) is 1.96. The Kier molecular flexibility index (Phi) is 4.56. The highest BCUT2D eigenvalue weighted by Crippen LogP contribution is 2.30. The van der Waals surface area contributed by atoms with Gasteiger partial charge in [-0.25, -0.2) is 8.42 Å². The first-order valence-electron chi connectivity index (χ1n) is 4.70. The highest BCUT2D eigenvalue weighted by atomic mass is 35.7. The molecule has 0 N–H and O–H groups in total. The zero-order valence-electron chi connectivity index (χ0n) is 8.74. The van der Waals surface area contributed by atoms with Crippen LogP contribution in [0.1, 0.15) is 12.0 Å². The molecular weight excluding hydrogens is 255 g/mol. The summed E-state index contributed by atoms with van der Waals surface area (Å²) in [7, 11) is 1.45. The van der Waals surface area contributed by atoms with Crippen molar-refractivity contribution in [2.45, 2.75) is 18.2 Å². The van der Waals surface area contributed by atoms with Gasteiger partial charge in [0.25, 0.3) is 9.05 Å². The normalized spacial score (nSPS) is 11.4. The number of hydrogen-bond acceptors (Lipinski definition) is 3. The van der Waals surface area contributed by atoms with Gasteiger partial charge in [-0.2, -0.15) is 0 Å². The monoisotopic (exact) mass is 266 g/mol. The van der Waals surface area contributed by atoms with Gasteiger partial charge >= 0.3 is 0 Å². The quantitative estimate of drug-likeness (QED) is 0.608. The molecule has 0 aromatic heterocycles. The Hall–Kier alpha value is -0.810. The van der Waals surface area contributed by atoms with E-state index in [1.54, 1.807) is 19.1 Å². The Labute approximate surface area is 98.6 Å². The summed E-state index contributed by atoms with van der Waals surface area (Å²) in [5.74, 6) is 0.170. The molecule has 16 heavy (non-hydrogen) atoms. The Morgan fingerprint density at radius 1 is 1.44 bits per heavy atom. The summed E-state index contributed by atoms with van der Waals surface area (Å²) in [6, 6.07) is 4.78. The van der Waals surface area contributed by atoms with E-state index < -0.39 is 15.7 Å². The van der Waals surface area contributed by atoms with Crippen LogP contribution in [0.2, 0.25) is 0 Å². The number of hydrogen-bond donors (Lipinski definition) is 0. The van der Waals surface area contributed by atoms with Gasteiger partial charge in [-0.3, -0.25) is 4.39 Å². The van der Waals surface area contributed by atoms with Crippen molar-refractivity contribution >= 4 is 19.7 Å². The Morgan fingerprint density at radius 2 is 2.12 bits per heavy atom. The van der Waals surface area contributed by atoms with E-state index in [4.69, 9.17) is 15.4 Å². The molecular formula is C10H12ClFO3S. The number of ether oxygens (including phenoxy) is 1. The van der Waals surface area contributed by atoms with Crippen LogP contribution in [-0.4, -0.2) is 21.7 Å². The third kappa shape index (κ3) is 3.35. The van der Waals surface area contributed by atoms with Gasteiger partial charge in [0, 0.05) is 17.1 Å². The summed E-state index contributed by atoms with van der Waals surface area (Å²) < 4.78 is 39.7. The van der Waals surface area contributed by atoms with E-state index in [1.165, 1.54) is 6.07 Å². The second-order valence-electron chi connectivity index (χ2n) is 3.23. The Bertz CT molecular complexity index is 459. The molecule has 1 rings (SSSR count). The number of benzene rings is 1. The van der Waals surface area contributed by atoms with Gasteiger partial charge in [-0.05, 0) is 18.6 Å². The maximum Gasteiger partial charge on any atom is 0.265 e. The van der Waals surface area contributed by atoms with Crippen molar-refractivity contribution in [1.82, 2.24) is 0 Å². The summed E-state index contributed by atoms with van der Waals surface area (Å²) >= 11 is 0. The van der Waals surface area contributed by atoms with Crippen molar-refractivity contribution in [2.75, 3.05) is 13.3 Å². The molecule has 0 atom stereocenters. The first kappa shape index (κ1) is 13.3. The predicted molar refractivity (Wildman–Crippen MR) is 60.3 cm³/mol. The van der Waals surface area contributed by atoms with E-state index in [0.717, 1.165) is 0 Å². The van der Waals surface area contributed by atoms with Gasteiger partial charge in [0.1, 0.15) is 10.6 Å². The van der Waals surface area contributed by atoms with Crippen LogP contribution in [0.4, 0.5) is 4.39 Å². The minimum Gasteiger partial charge on any atom is -0.492 e. The summed E-state index contributed by atoms with van der Waals surface area (Å²) in [6.07, 6.45) is 0.218. The van der Waals surface area contributed by atoms with Crippen LogP contribution < -0.4 is 4.74 Å². The van der Waals surface area contributed by atoms with Gasteiger partial charge in [0.05, 0.1) is 13.3 Å². The van der Waals surface area contributed by atoms with Crippen LogP contribution in [-0.2, 0) is 9.05 Å². The fraction of sp³-hybridized carbons (Fsp3) is 0.400. The predicted octanol–water partition coefficient (Wildman–Crippen LogP) is 2.66. The largest absolute Gasteiger partial charge is 0.492 e. The molecule has 0 aliphatic heterocycles. The van der Waals surface area contributed by atoms with E-state index >= 15 is 0 Å². The summed E-state index contributed by atoms with van der Waals surface area (Å²) in [4.78, 5) is -0.0458. The van der Waals surface area contributed by atoms with Crippen LogP contribution in [0.5, 0.6) is 5.75 Å². The lowest BCUT2D eigenvalue weighted by Crippen LogP contribution is -2.04. The lowest BCUT2D eigenvalue weighted by molar-refractivity contribution is 0.283. The molecule has 1 aromatic carbocycles. The van der Waals surface area contributed by atoms with Crippen LogP contribution in [0, 0.1) is 6.92 Å². The zero-order valence-corrected chi connectivity index (χ0v) is 10.3. The molecule has 1 aromatic rings. The number of halogens is 2. The lowest BCUT2D eigenvalue weighted by Gasteiger charge is -2.10. The maximum absolute atomic E-state index is 11.9. The summed E-state index contributed by atoms with van der Waals surface area (Å²) in [5, 5.41) is 0. The number of rotatable bonds is 5. The average molecular weight is 267 g/mol. The Morgan fingerprint density at radius 3 is 2.69 bits per heavy atom. The minimum atomic E-state index is -3.85. The Balaban J connectivity index is 3.04. The van der Waals surface area contributed by atoms with E-state index in [9.17, 15) is 12.8 Å². The molecule has 0 radical (unpaired) electrons. The highest BCUT2D eigenvalue weighted by molar-refractivity contribution is 8.13. The van der Waals surface area contributed by atoms with Crippen molar-refractivity contribution in [2.24, 2.45) is 0 Å². The number of alkyl halides is 1. The molecule has 0 aliphatic rings. The molecule has 0 fully saturated rings. The van der Waals surface area contributed by atoms with Gasteiger partial charge in [0.2, 0.25) is 0 Å². The van der Waals surface area contributed by atoms with E-state index in [0.29, 0.717) is 5.56 Å². The average Bonchev–Trinajstić information content (AvgIpc) is 2.16. The van der Waals surface area contributed by atoms with Crippen LogP contribution in [0.15, 0.2) is 23.1 Å². The molecule has 90 valence electrons. The molecule has 6 heteroatoms. The molecule has 0 spiro atoms. The summed E-state index contributed by atoms with van der Waals surface area (Å²) in [5.41, 5.74) is 0.507. The van der Waals surface area contributed by atoms with Crippen molar-refractivity contribution in [3.8, 4) is 5.75 Å². The number of aryl methyl sites for hydroxylation is 1. The standard InChI is InChI=1S/C10H12ClFO3S/c1-8-4-2-5-9(15-7-3-6-12)10(8)16(11,13)14/h2,4-5H,3,6-7H2,1H3. The van der Waals surface area contributed by atoms with E-state index in [1.807, 2.05) is 0 Å². The zero-order chi connectivity index (χ0) is 12.2. The third-order valence-corrected chi connectivity index (χ3v) is 3.43. The first-order valence-corrected chi connectivity index (χ1v) is 7.01. The topological polar surface area (TPSA) is 43.4 Å². The van der Waals surface area contributed by atoms with Crippen molar-refractivity contribution < 1.29 is 17.5 Å². The highest BCUT2D eigenvalue weighted by Gasteiger charge is 2.19. The maximum atomic E-state index is 11.9. The van der Waals surface area contributed by atoms with Gasteiger partial charge < -0.3 is 4.74 Å². The first-order chi connectivity index (χ1) is 7.46. The summed E-state index contributed by atoms with van der Waals surface area (Å²) in [6.45, 7) is 1.24. The van der Waals surface area contributed by atoms with Gasteiger partial charge in [0.15, 0.2) is 0 Å². The smallest absolute Gasteiger partial charge is 0.265 e. The van der Waals surface area contributed by atoms with Crippen molar-refractivity contribution in [3.63, 3.8) is 0 Å². The van der Waals surface area contributed by atoms with E-state index in [2.05, 4.69) is 0 Å². The fourth-order valence-corrected chi connectivity index (χ4v) is 2.70. The van der Waals surface area contributed by atoms with Gasteiger partial charge in [-0.1, -0.05) is 12.1 Å². The van der Waals surface area contributed by atoms with Crippen LogP contribution in [0.3, 0.4) is 0 Å². The molecule has 3 nitrogen and oxygen atoms in total. The molecule has 0 aliphatic carbocycles. The molecule has 0 amide bonds. The molecule has 0 bridgehead atoms. The van der Waals surface area contributed by atoms with E-state index in [-0.39, 0.29) is 23.7 Å². The fourth-order valence-electron chi connectivity index (χ4n) is 1.29. The van der Waals surface area contributed by atoms with Crippen LogP contribution in [0.25, 0.3) is 0 Å². The molecule has 0 saturated heterocycles. The second-order valence-corrected chi connectivity index (χ2v) is 5.73. The van der Waals surface area contributed by atoms with Crippen molar-refractivity contribution in [1.29, 1.82) is 0 Å². The molecule has 0 saturated carbocycles. The molecule has 0 unspecified atom stereocenters. The van der Waals surface area contributed by atoms with Crippen molar-refractivity contribution in [3.05, 3.63) is 23.8 Å². The molecule has 0 heterocycles. The SMILES string of the molecule is Cc1cccc(OCCCF)c1S(=O)(=O)Cl. The minimum absolute atomic E-state index is 0.0458. The second kappa shape index (κ2) is 5.50. The van der Waals surface area contributed by atoms with Crippen LogP contribution >= 0.6 is 10.7 Å².